The Morgan fingerprint density at radius 3 is 2.32 bits per heavy atom. The number of ether oxygens (including phenoxy) is 2. The fourth-order valence-electron chi connectivity index (χ4n) is 4.19. The monoisotopic (exact) mass is 556 g/mol. The van der Waals surface area contributed by atoms with Gasteiger partial charge in [0.05, 0.1) is 12.7 Å². The Morgan fingerprint density at radius 1 is 0.946 bits per heavy atom. The van der Waals surface area contributed by atoms with Crippen molar-refractivity contribution < 1.29 is 29.0 Å². The van der Waals surface area contributed by atoms with E-state index in [0.717, 1.165) is 6.42 Å². The van der Waals surface area contributed by atoms with Gasteiger partial charge in [-0.3, -0.25) is 4.57 Å². The molecular weight excluding hydrogens is 507 g/mol. The minimum absolute atomic E-state index is 0.185. The number of rotatable bonds is 25. The lowest BCUT2D eigenvalue weighted by molar-refractivity contribution is -0.154. The fourth-order valence-corrected chi connectivity index (χ4v) is 5.48. The van der Waals surface area contributed by atoms with Gasteiger partial charge in [-0.2, -0.15) is 11.8 Å². The molecule has 1 rings (SSSR count). The Balaban J connectivity index is 1.93. The van der Waals surface area contributed by atoms with Gasteiger partial charge < -0.3 is 19.7 Å². The third kappa shape index (κ3) is 16.6. The molecule has 0 spiro atoms. The van der Waals surface area contributed by atoms with E-state index in [-0.39, 0.29) is 12.7 Å². The molecule has 2 N–H and O–H groups in total. The number of hydrogen-bond acceptors (Lipinski definition) is 6. The van der Waals surface area contributed by atoms with Gasteiger partial charge in [0.15, 0.2) is 0 Å². The summed E-state index contributed by atoms with van der Waals surface area (Å²) < 4.78 is 21.7. The van der Waals surface area contributed by atoms with Gasteiger partial charge in [-0.25, -0.2) is 4.79 Å². The summed E-state index contributed by atoms with van der Waals surface area (Å²) in [5.41, 5.74) is 1.51. The van der Waals surface area contributed by atoms with Crippen molar-refractivity contribution in [1.82, 2.24) is 0 Å². The number of aliphatic carboxylic acids is 1. The van der Waals surface area contributed by atoms with Crippen LogP contribution in [0.4, 0.5) is 0 Å². The molecule has 8 heteroatoms. The Morgan fingerprint density at radius 2 is 1.65 bits per heavy atom. The quantitative estimate of drug-likeness (QED) is 0.0942. The lowest BCUT2D eigenvalue weighted by Crippen LogP contribution is -2.37. The number of thioether (sulfide) groups is 1. The van der Waals surface area contributed by atoms with Crippen LogP contribution in [0.5, 0.6) is 0 Å². The highest BCUT2D eigenvalue weighted by Gasteiger charge is 2.37. The average molecular weight is 557 g/mol. The Hall–Kier alpha value is -0.980. The van der Waals surface area contributed by atoms with Crippen molar-refractivity contribution in [3.8, 4) is 0 Å². The molecule has 1 aromatic carbocycles. The first kappa shape index (κ1) is 34.0. The molecule has 37 heavy (non-hydrogen) atoms. The van der Waals surface area contributed by atoms with Gasteiger partial charge in [0.25, 0.3) is 5.34 Å². The average Bonchev–Trinajstić information content (AvgIpc) is 2.91. The summed E-state index contributed by atoms with van der Waals surface area (Å²) in [7, 11) is -0.874. The molecule has 0 radical (unpaired) electrons. The normalized spacial score (nSPS) is 14.9. The SMILES string of the molecule is CCCCC(CCSCCCCCCCCC(C)OCCCOCC(O)(P=O)C(=O)O)c1ccccc1. The van der Waals surface area contributed by atoms with Crippen LogP contribution >= 0.6 is 20.2 Å². The Bertz CT molecular complexity index is 707. The molecule has 0 aliphatic rings. The van der Waals surface area contributed by atoms with Crippen molar-refractivity contribution in [2.75, 3.05) is 31.3 Å². The van der Waals surface area contributed by atoms with E-state index in [2.05, 4.69) is 55.9 Å². The van der Waals surface area contributed by atoms with Gasteiger partial charge in [0.2, 0.25) is 8.46 Å². The standard InChI is InChI=1S/C29H49O6PS/c1-3-4-16-27(26-17-11-9-12-18-26)19-23-37-22-13-8-6-5-7-10-15-25(2)35-21-14-20-34-24-29(32,36-33)28(30)31/h9,11-12,17-18,25,27,32H,3-8,10,13-16,19-24H2,1-2H3,(H,30,31). The number of unbranched alkanes of at least 4 members (excludes halogenated alkanes) is 6. The van der Waals surface area contributed by atoms with Crippen molar-refractivity contribution in [2.24, 2.45) is 0 Å². The summed E-state index contributed by atoms with van der Waals surface area (Å²) in [5.74, 6) is 1.69. The lowest BCUT2D eigenvalue weighted by Gasteiger charge is -2.17. The number of carbonyl (C=O) groups is 1. The molecule has 0 saturated heterocycles. The number of carboxylic acids is 1. The first-order valence-electron chi connectivity index (χ1n) is 14.0. The van der Waals surface area contributed by atoms with Gasteiger partial charge >= 0.3 is 5.97 Å². The van der Waals surface area contributed by atoms with Crippen LogP contribution in [0.2, 0.25) is 0 Å². The molecule has 0 aliphatic heterocycles. The first-order valence-corrected chi connectivity index (χ1v) is 16.0. The van der Waals surface area contributed by atoms with Crippen LogP contribution in [0.1, 0.15) is 102 Å². The highest BCUT2D eigenvalue weighted by molar-refractivity contribution is 7.99. The van der Waals surface area contributed by atoms with E-state index in [1.165, 1.54) is 81.3 Å². The lowest BCUT2D eigenvalue weighted by atomic mass is 9.91. The van der Waals surface area contributed by atoms with Crippen LogP contribution in [0.15, 0.2) is 30.3 Å². The second-order valence-electron chi connectivity index (χ2n) is 9.86. The molecule has 212 valence electrons. The van der Waals surface area contributed by atoms with Crippen LogP contribution in [-0.2, 0) is 18.8 Å². The molecular formula is C29H49O6PS. The summed E-state index contributed by atoms with van der Waals surface area (Å²) in [6.07, 6.45) is 14.6. The van der Waals surface area contributed by atoms with Crippen LogP contribution in [-0.4, -0.2) is 59.0 Å². The maximum atomic E-state index is 10.8. The predicted octanol–water partition coefficient (Wildman–Crippen LogP) is 7.69. The minimum atomic E-state index is -2.37. The van der Waals surface area contributed by atoms with Crippen molar-refractivity contribution in [1.29, 1.82) is 0 Å². The number of hydrogen-bond donors (Lipinski definition) is 2. The van der Waals surface area contributed by atoms with E-state index in [0.29, 0.717) is 18.9 Å². The van der Waals surface area contributed by atoms with E-state index in [1.807, 2.05) is 0 Å². The predicted molar refractivity (Wildman–Crippen MR) is 154 cm³/mol. The maximum absolute atomic E-state index is 10.8. The zero-order chi connectivity index (χ0) is 27.2. The van der Waals surface area contributed by atoms with E-state index in [4.69, 9.17) is 14.6 Å². The molecule has 0 amide bonds. The van der Waals surface area contributed by atoms with E-state index in [9.17, 15) is 14.5 Å². The molecule has 0 aromatic heterocycles. The van der Waals surface area contributed by atoms with E-state index < -0.39 is 26.4 Å². The van der Waals surface area contributed by atoms with Crippen molar-refractivity contribution >= 4 is 26.2 Å². The number of benzene rings is 1. The van der Waals surface area contributed by atoms with Crippen LogP contribution in [0.3, 0.4) is 0 Å². The number of carboxylic acid groups (broad SMARTS) is 1. The smallest absolute Gasteiger partial charge is 0.350 e. The molecule has 0 bridgehead atoms. The van der Waals surface area contributed by atoms with Crippen LogP contribution < -0.4 is 0 Å². The Kier molecular flexibility index (Phi) is 20.2. The largest absolute Gasteiger partial charge is 0.478 e. The zero-order valence-corrected chi connectivity index (χ0v) is 24.7. The van der Waals surface area contributed by atoms with Gasteiger partial charge in [-0.15, -0.1) is 0 Å². The molecule has 0 heterocycles. The molecule has 0 aliphatic carbocycles. The highest BCUT2D eigenvalue weighted by atomic mass is 32.2. The van der Waals surface area contributed by atoms with Crippen LogP contribution in [0, 0.1) is 0 Å². The summed E-state index contributed by atoms with van der Waals surface area (Å²) in [6.45, 7) is 4.62. The van der Waals surface area contributed by atoms with Crippen molar-refractivity contribution in [3.05, 3.63) is 35.9 Å². The van der Waals surface area contributed by atoms with Gasteiger partial charge in [-0.05, 0) is 62.0 Å². The summed E-state index contributed by atoms with van der Waals surface area (Å²) in [6, 6.07) is 11.0. The zero-order valence-electron chi connectivity index (χ0n) is 22.9. The minimum Gasteiger partial charge on any atom is -0.478 e. The summed E-state index contributed by atoms with van der Waals surface area (Å²) in [4.78, 5) is 10.8. The number of aliphatic hydroxyl groups is 1. The molecule has 3 unspecified atom stereocenters. The first-order chi connectivity index (χ1) is 17.9. The molecule has 0 saturated carbocycles. The highest BCUT2D eigenvalue weighted by Crippen LogP contribution is 2.27. The van der Waals surface area contributed by atoms with E-state index in [1.54, 1.807) is 0 Å². The molecule has 1 aromatic rings. The molecule has 6 nitrogen and oxygen atoms in total. The third-order valence-corrected chi connectivity index (χ3v) is 8.29. The van der Waals surface area contributed by atoms with Crippen molar-refractivity contribution in [3.63, 3.8) is 0 Å². The summed E-state index contributed by atoms with van der Waals surface area (Å²) >= 11 is 2.12. The van der Waals surface area contributed by atoms with Gasteiger partial charge in [0.1, 0.15) is 0 Å². The van der Waals surface area contributed by atoms with Crippen LogP contribution in [0.25, 0.3) is 0 Å². The third-order valence-electron chi connectivity index (χ3n) is 6.57. The molecule has 0 fully saturated rings. The van der Waals surface area contributed by atoms with Gasteiger partial charge in [-0.1, -0.05) is 82.2 Å². The summed E-state index contributed by atoms with van der Waals surface area (Å²) in [5, 5.41) is 16.0. The van der Waals surface area contributed by atoms with Crippen molar-refractivity contribution in [2.45, 2.75) is 108 Å². The maximum Gasteiger partial charge on any atom is 0.350 e. The second kappa shape index (κ2) is 21.9. The topological polar surface area (TPSA) is 93.1 Å². The van der Waals surface area contributed by atoms with Gasteiger partial charge in [0, 0.05) is 13.2 Å². The second-order valence-corrected chi connectivity index (χ2v) is 12.0. The Labute approximate surface area is 230 Å². The molecule has 3 atom stereocenters. The van der Waals surface area contributed by atoms with E-state index >= 15 is 0 Å². The fraction of sp³-hybridized carbons (Fsp3) is 0.759.